The van der Waals surface area contributed by atoms with Crippen LogP contribution < -0.4 is 15.1 Å². The Morgan fingerprint density at radius 3 is 2.81 bits per heavy atom. The van der Waals surface area contributed by atoms with E-state index in [2.05, 4.69) is 16.2 Å². The van der Waals surface area contributed by atoms with Crippen LogP contribution in [0.2, 0.25) is 0 Å². The van der Waals surface area contributed by atoms with Crippen molar-refractivity contribution >= 4 is 40.6 Å². The molecule has 2 fully saturated rings. The second-order valence-corrected chi connectivity index (χ2v) is 8.45. The first kappa shape index (κ1) is 21.0. The number of hydrogen-bond acceptors (Lipinski definition) is 6. The minimum absolute atomic E-state index is 0.00301. The molecular formula is C22H22N4O4S. The molecule has 4 rings (SSSR count). The summed E-state index contributed by atoms with van der Waals surface area (Å²) in [7, 11) is 0. The molecule has 160 valence electrons. The molecule has 4 heterocycles. The van der Waals surface area contributed by atoms with Gasteiger partial charge in [0, 0.05) is 19.5 Å². The van der Waals surface area contributed by atoms with Crippen LogP contribution >= 0.6 is 11.3 Å². The van der Waals surface area contributed by atoms with Crippen LogP contribution in [0, 0.1) is 19.3 Å². The van der Waals surface area contributed by atoms with Crippen LogP contribution in [0.25, 0.3) is 0 Å². The summed E-state index contributed by atoms with van der Waals surface area (Å²) in [5.41, 5.74) is 1.38. The number of carbonyl (C=O) groups excluding carboxylic acids is 3. The maximum absolute atomic E-state index is 12.6. The smallest absolute Gasteiger partial charge is 0.261 e. The number of anilines is 2. The van der Waals surface area contributed by atoms with Gasteiger partial charge in [-0.2, -0.15) is 0 Å². The fourth-order valence-corrected chi connectivity index (χ4v) is 4.45. The molecule has 2 aromatic rings. The average molecular weight is 439 g/mol. The van der Waals surface area contributed by atoms with E-state index in [0.29, 0.717) is 54.0 Å². The predicted octanol–water partition coefficient (Wildman–Crippen LogP) is 1.72. The monoisotopic (exact) mass is 438 g/mol. The first-order valence-electron chi connectivity index (χ1n) is 9.99. The van der Waals surface area contributed by atoms with Crippen molar-refractivity contribution < 1.29 is 19.1 Å². The van der Waals surface area contributed by atoms with Crippen molar-refractivity contribution in [3.05, 3.63) is 39.7 Å². The Balaban J connectivity index is 1.45. The number of amides is 3. The minimum atomic E-state index is -0.317. The molecule has 1 N–H and O–H groups in total. The summed E-state index contributed by atoms with van der Waals surface area (Å²) < 4.78 is 5.38. The number of terminal acetylenes is 1. The fraction of sp³-hybridized carbons (Fsp3) is 0.364. The molecule has 8 nitrogen and oxygen atoms in total. The highest BCUT2D eigenvalue weighted by atomic mass is 32.1. The van der Waals surface area contributed by atoms with E-state index in [4.69, 9.17) is 11.2 Å². The van der Waals surface area contributed by atoms with Gasteiger partial charge in [0.05, 0.1) is 46.8 Å². The van der Waals surface area contributed by atoms with Crippen LogP contribution in [0.1, 0.15) is 33.1 Å². The van der Waals surface area contributed by atoms with Gasteiger partial charge in [-0.1, -0.05) is 5.92 Å². The number of rotatable bonds is 4. The molecule has 0 aromatic carbocycles. The maximum Gasteiger partial charge on any atom is 0.261 e. The number of nitrogens with zero attached hydrogens (tertiary/aromatic N) is 3. The predicted molar refractivity (Wildman–Crippen MR) is 117 cm³/mol. The largest absolute Gasteiger partial charge is 0.379 e. The number of nitrogens with one attached hydrogen (secondary N) is 1. The van der Waals surface area contributed by atoms with E-state index in [-0.39, 0.29) is 30.2 Å². The molecular weight excluding hydrogens is 416 g/mol. The molecule has 0 bridgehead atoms. The number of pyridine rings is 1. The van der Waals surface area contributed by atoms with Crippen LogP contribution in [0.15, 0.2) is 24.3 Å². The van der Waals surface area contributed by atoms with Gasteiger partial charge >= 0.3 is 0 Å². The number of thiophene rings is 1. The van der Waals surface area contributed by atoms with Crippen molar-refractivity contribution in [2.45, 2.75) is 25.8 Å². The van der Waals surface area contributed by atoms with Crippen LogP contribution in [0.3, 0.4) is 0 Å². The van der Waals surface area contributed by atoms with Gasteiger partial charge in [0.25, 0.3) is 5.91 Å². The third-order valence-electron chi connectivity index (χ3n) is 5.26. The lowest BCUT2D eigenvalue weighted by atomic mass is 10.2. The molecule has 0 aliphatic carbocycles. The normalized spacial score (nSPS) is 19.3. The van der Waals surface area contributed by atoms with E-state index in [1.807, 2.05) is 13.0 Å². The number of ether oxygens (including phenoxy) is 1. The molecule has 2 aliphatic heterocycles. The van der Waals surface area contributed by atoms with Gasteiger partial charge in [-0.05, 0) is 31.2 Å². The Hall–Kier alpha value is -3.22. The molecule has 1 atom stereocenters. The zero-order chi connectivity index (χ0) is 22.0. The summed E-state index contributed by atoms with van der Waals surface area (Å²) in [6, 6.07) is 6.64. The summed E-state index contributed by atoms with van der Waals surface area (Å²) in [6.45, 7) is 3.52. The second-order valence-electron chi connectivity index (χ2n) is 7.37. The van der Waals surface area contributed by atoms with Gasteiger partial charge < -0.3 is 15.0 Å². The second kappa shape index (κ2) is 8.88. The highest BCUT2D eigenvalue weighted by molar-refractivity contribution is 7.14. The van der Waals surface area contributed by atoms with Crippen molar-refractivity contribution in [1.82, 2.24) is 10.3 Å². The van der Waals surface area contributed by atoms with Crippen LogP contribution in [-0.4, -0.2) is 55.1 Å². The van der Waals surface area contributed by atoms with Crippen molar-refractivity contribution in [3.8, 4) is 12.3 Å². The molecule has 2 saturated heterocycles. The lowest BCUT2D eigenvalue weighted by Gasteiger charge is -2.23. The Bertz CT molecular complexity index is 1070. The summed E-state index contributed by atoms with van der Waals surface area (Å²) in [5.74, 6) is 2.66. The van der Waals surface area contributed by atoms with Crippen LogP contribution in [0.5, 0.6) is 0 Å². The van der Waals surface area contributed by atoms with Crippen LogP contribution in [0.4, 0.5) is 11.5 Å². The van der Waals surface area contributed by atoms with Crippen LogP contribution in [-0.2, 0) is 14.3 Å². The third-order valence-corrected chi connectivity index (χ3v) is 6.28. The summed E-state index contributed by atoms with van der Waals surface area (Å²) in [6.07, 6.45) is 5.89. The molecule has 2 aliphatic rings. The average Bonchev–Trinajstić information content (AvgIpc) is 3.31. The lowest BCUT2D eigenvalue weighted by molar-refractivity contribution is -0.119. The first-order chi connectivity index (χ1) is 15.0. The molecule has 0 saturated carbocycles. The summed E-state index contributed by atoms with van der Waals surface area (Å²) in [5, 5.41) is 2.90. The maximum atomic E-state index is 12.6. The van der Waals surface area contributed by atoms with Gasteiger partial charge in [-0.25, -0.2) is 4.98 Å². The van der Waals surface area contributed by atoms with E-state index in [9.17, 15) is 14.4 Å². The number of carbonyl (C=O) groups is 3. The molecule has 2 aromatic heterocycles. The molecule has 0 unspecified atom stereocenters. The van der Waals surface area contributed by atoms with Crippen molar-refractivity contribution in [2.24, 2.45) is 0 Å². The molecule has 3 amide bonds. The van der Waals surface area contributed by atoms with Gasteiger partial charge in [0.2, 0.25) is 11.8 Å². The topological polar surface area (TPSA) is 91.8 Å². The third kappa shape index (κ3) is 4.45. The summed E-state index contributed by atoms with van der Waals surface area (Å²) in [4.78, 5) is 46.4. The van der Waals surface area contributed by atoms with Gasteiger partial charge in [-0.3, -0.25) is 19.3 Å². The van der Waals surface area contributed by atoms with Gasteiger partial charge in [0.15, 0.2) is 0 Å². The molecule has 9 heteroatoms. The van der Waals surface area contributed by atoms with Crippen molar-refractivity contribution in [1.29, 1.82) is 0 Å². The minimum Gasteiger partial charge on any atom is -0.379 e. The van der Waals surface area contributed by atoms with E-state index < -0.39 is 0 Å². The van der Waals surface area contributed by atoms with E-state index >= 15 is 0 Å². The highest BCUT2D eigenvalue weighted by Gasteiger charge is 2.33. The number of aryl methyl sites for hydroxylation is 1. The standard InChI is InChI=1S/C22H22N4O4S/c1-3-16-4-6-18(31-16)22(29)24-15-12-21(28)26(13-15)19-7-5-17(14(2)23-19)25-9-11-30-10-8-20(25)27/h1,4-7,15H,8-13H2,2H3,(H,24,29)/t15-/m1/s1. The molecule has 0 radical (unpaired) electrons. The Labute approximate surface area is 184 Å². The quantitative estimate of drug-likeness (QED) is 0.734. The van der Waals surface area contributed by atoms with Crippen molar-refractivity contribution in [3.63, 3.8) is 0 Å². The zero-order valence-electron chi connectivity index (χ0n) is 17.1. The van der Waals surface area contributed by atoms with E-state index in [1.165, 1.54) is 11.3 Å². The summed E-state index contributed by atoms with van der Waals surface area (Å²) >= 11 is 1.24. The van der Waals surface area contributed by atoms with Crippen molar-refractivity contribution in [2.75, 3.05) is 36.1 Å². The number of aromatic nitrogens is 1. The van der Waals surface area contributed by atoms with E-state index in [1.54, 1.807) is 28.0 Å². The lowest BCUT2D eigenvalue weighted by Crippen LogP contribution is -2.37. The highest BCUT2D eigenvalue weighted by Crippen LogP contribution is 2.26. The zero-order valence-corrected chi connectivity index (χ0v) is 17.9. The van der Waals surface area contributed by atoms with Gasteiger partial charge in [-0.15, -0.1) is 17.8 Å². The SMILES string of the molecule is C#Cc1ccc(C(=O)N[C@@H]2CC(=O)N(c3ccc(N4CCOCCC4=O)c(C)n3)C2)s1. The Morgan fingerprint density at radius 2 is 2.06 bits per heavy atom. The van der Waals surface area contributed by atoms with E-state index in [0.717, 1.165) is 5.69 Å². The Kier molecular flexibility index (Phi) is 6.02. The van der Waals surface area contributed by atoms with Gasteiger partial charge in [0.1, 0.15) is 5.82 Å². The first-order valence-corrected chi connectivity index (χ1v) is 10.8. The number of hydrogen-bond donors (Lipinski definition) is 1. The Morgan fingerprint density at radius 1 is 1.23 bits per heavy atom. The molecule has 0 spiro atoms. The molecule has 31 heavy (non-hydrogen) atoms. The fourth-order valence-electron chi connectivity index (χ4n) is 3.73.